The molecule has 0 spiro atoms. The van der Waals surface area contributed by atoms with Crippen molar-refractivity contribution < 1.29 is 14.5 Å². The van der Waals surface area contributed by atoms with Crippen LogP contribution in [0.15, 0.2) is 48.5 Å². The fourth-order valence-corrected chi connectivity index (χ4v) is 2.16. The van der Waals surface area contributed by atoms with Gasteiger partial charge in [0.05, 0.1) is 16.2 Å². The van der Waals surface area contributed by atoms with Crippen LogP contribution in [-0.2, 0) is 4.79 Å². The first-order valence-corrected chi connectivity index (χ1v) is 7.11. The van der Waals surface area contributed by atoms with E-state index < -0.39 is 4.92 Å². The predicted molar refractivity (Wildman–Crippen MR) is 86.5 cm³/mol. The highest BCUT2D eigenvalue weighted by Gasteiger charge is 2.15. The number of nitro groups is 1. The van der Waals surface area contributed by atoms with Crippen molar-refractivity contribution in [2.45, 2.75) is 19.8 Å². The Bertz CT molecular complexity index is 742. The van der Waals surface area contributed by atoms with Crippen molar-refractivity contribution in [1.82, 2.24) is 0 Å². The molecule has 0 unspecified atom stereocenters. The Morgan fingerprint density at radius 2 is 1.74 bits per heavy atom. The van der Waals surface area contributed by atoms with Crippen molar-refractivity contribution in [3.05, 3.63) is 69.8 Å². The van der Waals surface area contributed by atoms with Crippen LogP contribution in [0.25, 0.3) is 0 Å². The Hall–Kier alpha value is -3.02. The lowest BCUT2D eigenvalue weighted by atomic mass is 10.1. The van der Waals surface area contributed by atoms with Crippen molar-refractivity contribution in [1.29, 1.82) is 0 Å². The highest BCUT2D eigenvalue weighted by molar-refractivity contribution is 6.00. The number of Topliss-reactive ketones (excluding diaryl/α,β-unsaturated/α-hetero) is 1. The summed E-state index contributed by atoms with van der Waals surface area (Å²) in [5.74, 6) is -0.464. The van der Waals surface area contributed by atoms with Crippen LogP contribution in [0, 0.1) is 17.0 Å². The van der Waals surface area contributed by atoms with Crippen LogP contribution in [0.3, 0.4) is 0 Å². The number of carbonyl (C=O) groups is 2. The van der Waals surface area contributed by atoms with Crippen LogP contribution in [0.2, 0.25) is 0 Å². The first-order valence-electron chi connectivity index (χ1n) is 7.11. The van der Waals surface area contributed by atoms with Gasteiger partial charge in [-0.25, -0.2) is 0 Å². The Labute approximate surface area is 133 Å². The number of ketones is 1. The zero-order valence-corrected chi connectivity index (χ0v) is 12.6. The van der Waals surface area contributed by atoms with Gasteiger partial charge in [-0.1, -0.05) is 36.4 Å². The normalized spacial score (nSPS) is 10.1. The monoisotopic (exact) mass is 312 g/mol. The molecule has 1 N–H and O–H groups in total. The molecule has 2 aromatic rings. The summed E-state index contributed by atoms with van der Waals surface area (Å²) in [5.41, 5.74) is 1.28. The molecule has 0 fully saturated rings. The van der Waals surface area contributed by atoms with Gasteiger partial charge >= 0.3 is 0 Å². The molecule has 6 heteroatoms. The van der Waals surface area contributed by atoms with Crippen LogP contribution in [0.1, 0.15) is 28.8 Å². The Morgan fingerprint density at radius 1 is 1.04 bits per heavy atom. The Balaban J connectivity index is 1.97. The van der Waals surface area contributed by atoms with Gasteiger partial charge < -0.3 is 5.32 Å². The standard InChI is InChI=1S/C17H16N2O4/c1-12-14(8-5-9-15(12)19(22)23)18-17(21)11-10-16(20)13-6-3-2-4-7-13/h2-9H,10-11H2,1H3,(H,18,21). The first kappa shape index (κ1) is 16.4. The lowest BCUT2D eigenvalue weighted by Crippen LogP contribution is -2.14. The van der Waals surface area contributed by atoms with Crippen LogP contribution >= 0.6 is 0 Å². The number of carbonyl (C=O) groups excluding carboxylic acids is 2. The smallest absolute Gasteiger partial charge is 0.274 e. The summed E-state index contributed by atoms with van der Waals surface area (Å²) in [6.45, 7) is 1.57. The number of nitro benzene ring substituents is 1. The Morgan fingerprint density at radius 3 is 2.39 bits per heavy atom. The highest BCUT2D eigenvalue weighted by atomic mass is 16.6. The number of nitrogens with zero attached hydrogens (tertiary/aromatic N) is 1. The van der Waals surface area contributed by atoms with Gasteiger partial charge in [0, 0.05) is 24.5 Å². The van der Waals surface area contributed by atoms with E-state index in [1.807, 2.05) is 6.07 Å². The molecule has 6 nitrogen and oxygen atoms in total. The molecule has 0 aliphatic carbocycles. The summed E-state index contributed by atoms with van der Waals surface area (Å²) >= 11 is 0. The van der Waals surface area contributed by atoms with Crippen molar-refractivity contribution in [3.63, 3.8) is 0 Å². The third-order valence-electron chi connectivity index (χ3n) is 3.45. The molecular formula is C17H16N2O4. The van der Waals surface area contributed by atoms with Gasteiger partial charge in [-0.2, -0.15) is 0 Å². The van der Waals surface area contributed by atoms with Crippen molar-refractivity contribution in [3.8, 4) is 0 Å². The molecule has 2 rings (SSSR count). The second-order valence-corrected chi connectivity index (χ2v) is 5.04. The molecule has 0 atom stereocenters. The second kappa shape index (κ2) is 7.31. The molecule has 118 valence electrons. The van der Waals surface area contributed by atoms with E-state index >= 15 is 0 Å². The summed E-state index contributed by atoms with van der Waals surface area (Å²) in [6.07, 6.45) is 0.111. The zero-order valence-electron chi connectivity index (χ0n) is 12.6. The molecule has 0 saturated carbocycles. The molecule has 0 saturated heterocycles. The molecule has 2 aromatic carbocycles. The van der Waals surface area contributed by atoms with Crippen LogP contribution in [-0.4, -0.2) is 16.6 Å². The average Bonchev–Trinajstić information content (AvgIpc) is 2.55. The van der Waals surface area contributed by atoms with Crippen LogP contribution in [0.4, 0.5) is 11.4 Å². The van der Waals surface area contributed by atoms with Crippen LogP contribution in [0.5, 0.6) is 0 Å². The lowest BCUT2D eigenvalue weighted by Gasteiger charge is -2.08. The number of benzene rings is 2. The molecule has 1 amide bonds. The minimum absolute atomic E-state index is 0.0237. The fourth-order valence-electron chi connectivity index (χ4n) is 2.16. The van der Waals surface area contributed by atoms with E-state index in [9.17, 15) is 19.7 Å². The van der Waals surface area contributed by atoms with E-state index in [0.29, 0.717) is 16.8 Å². The van der Waals surface area contributed by atoms with E-state index in [4.69, 9.17) is 0 Å². The van der Waals surface area contributed by atoms with Gasteiger partial charge in [0.25, 0.3) is 5.69 Å². The summed E-state index contributed by atoms with van der Waals surface area (Å²) in [5, 5.41) is 13.5. The molecule has 0 aliphatic rings. The van der Waals surface area contributed by atoms with Crippen molar-refractivity contribution in [2.75, 3.05) is 5.32 Å². The summed E-state index contributed by atoms with van der Waals surface area (Å²) < 4.78 is 0. The van der Waals surface area contributed by atoms with Gasteiger partial charge in [0.1, 0.15) is 0 Å². The van der Waals surface area contributed by atoms with Gasteiger partial charge in [-0.3, -0.25) is 19.7 Å². The zero-order chi connectivity index (χ0) is 16.8. The number of rotatable bonds is 6. The second-order valence-electron chi connectivity index (χ2n) is 5.04. The molecule has 0 bridgehead atoms. The maximum absolute atomic E-state index is 11.9. The van der Waals surface area contributed by atoms with E-state index in [1.54, 1.807) is 37.3 Å². The number of anilines is 1. The Kier molecular flexibility index (Phi) is 5.19. The third-order valence-corrected chi connectivity index (χ3v) is 3.45. The number of nitrogens with one attached hydrogen (secondary N) is 1. The topological polar surface area (TPSA) is 89.3 Å². The average molecular weight is 312 g/mol. The molecule has 0 aliphatic heterocycles. The molecule has 0 heterocycles. The first-order chi connectivity index (χ1) is 11.0. The highest BCUT2D eigenvalue weighted by Crippen LogP contribution is 2.25. The summed E-state index contributed by atoms with van der Waals surface area (Å²) in [7, 11) is 0. The molecule has 23 heavy (non-hydrogen) atoms. The van der Waals surface area contributed by atoms with E-state index in [1.165, 1.54) is 12.1 Å². The van der Waals surface area contributed by atoms with Crippen molar-refractivity contribution >= 4 is 23.1 Å². The van der Waals surface area contributed by atoms with Crippen molar-refractivity contribution in [2.24, 2.45) is 0 Å². The predicted octanol–water partition coefficient (Wildman–Crippen LogP) is 3.50. The maximum atomic E-state index is 11.9. The van der Waals surface area contributed by atoms with E-state index in [0.717, 1.165) is 0 Å². The van der Waals surface area contributed by atoms with E-state index in [2.05, 4.69) is 5.32 Å². The van der Waals surface area contributed by atoms with Crippen LogP contribution < -0.4 is 5.32 Å². The number of amides is 1. The summed E-state index contributed by atoms with van der Waals surface area (Å²) in [6, 6.07) is 13.2. The quantitative estimate of drug-likeness (QED) is 0.502. The number of hydrogen-bond donors (Lipinski definition) is 1. The molecular weight excluding hydrogens is 296 g/mol. The van der Waals surface area contributed by atoms with Gasteiger partial charge in [-0.15, -0.1) is 0 Å². The number of hydrogen-bond acceptors (Lipinski definition) is 4. The maximum Gasteiger partial charge on any atom is 0.274 e. The third kappa shape index (κ3) is 4.23. The minimum atomic E-state index is -0.496. The molecule has 0 radical (unpaired) electrons. The fraction of sp³-hybridized carbons (Fsp3) is 0.176. The van der Waals surface area contributed by atoms with Gasteiger partial charge in [0.15, 0.2) is 5.78 Å². The molecule has 0 aromatic heterocycles. The van der Waals surface area contributed by atoms with E-state index in [-0.39, 0.29) is 30.2 Å². The minimum Gasteiger partial charge on any atom is -0.326 e. The summed E-state index contributed by atoms with van der Waals surface area (Å²) in [4.78, 5) is 34.3. The largest absolute Gasteiger partial charge is 0.326 e. The van der Waals surface area contributed by atoms with Gasteiger partial charge in [0.2, 0.25) is 5.91 Å². The van der Waals surface area contributed by atoms with Gasteiger partial charge in [-0.05, 0) is 13.0 Å². The lowest BCUT2D eigenvalue weighted by molar-refractivity contribution is -0.385. The SMILES string of the molecule is Cc1c(NC(=O)CCC(=O)c2ccccc2)cccc1[N+](=O)[O-].